The van der Waals surface area contributed by atoms with Crippen molar-refractivity contribution in [1.82, 2.24) is 9.88 Å². The average Bonchev–Trinajstić information content (AvgIpc) is 2.64. The van der Waals surface area contributed by atoms with Crippen molar-refractivity contribution >= 4 is 12.2 Å². The minimum atomic E-state index is -4.93. The van der Waals surface area contributed by atoms with E-state index >= 15 is 0 Å². The summed E-state index contributed by atoms with van der Waals surface area (Å²) < 4.78 is 37.2. The normalized spacial score (nSPS) is 10.9. The lowest BCUT2D eigenvalue weighted by Crippen LogP contribution is -2.38. The van der Waals surface area contributed by atoms with Crippen LogP contribution in [0.3, 0.4) is 0 Å². The molecule has 0 unspecified atom stereocenters. The largest absolute Gasteiger partial charge is 0.471 e. The van der Waals surface area contributed by atoms with Crippen molar-refractivity contribution in [2.75, 3.05) is 6.54 Å². The van der Waals surface area contributed by atoms with Crippen LogP contribution in [0.2, 0.25) is 0 Å². The van der Waals surface area contributed by atoms with Crippen LogP contribution in [0.4, 0.5) is 13.2 Å². The third kappa shape index (κ3) is 3.34. The molecule has 0 bridgehead atoms. The summed E-state index contributed by atoms with van der Waals surface area (Å²) in [6.07, 6.45) is -4.43. The number of nitrogens with one attached hydrogen (secondary N) is 1. The molecule has 1 N–H and O–H groups in total. The Bertz CT molecular complexity index is 541. The number of rotatable bonds is 4. The second-order valence-corrected chi connectivity index (χ2v) is 3.70. The van der Waals surface area contributed by atoms with E-state index in [0.717, 1.165) is 0 Å². The number of aromatic nitrogens is 1. The topological polar surface area (TPSA) is 74.9 Å². The Labute approximate surface area is 106 Å². The van der Waals surface area contributed by atoms with Crippen molar-refractivity contribution in [2.24, 2.45) is 0 Å². The first-order valence-corrected chi connectivity index (χ1v) is 5.21. The van der Waals surface area contributed by atoms with Gasteiger partial charge in [-0.05, 0) is 13.0 Å². The van der Waals surface area contributed by atoms with Gasteiger partial charge in [0.15, 0.2) is 6.29 Å². The van der Waals surface area contributed by atoms with Crippen LogP contribution in [0.1, 0.15) is 21.7 Å². The SMILES string of the molecule is Cc1c(C#N)cc(C=O)n1CCNC(=O)C(F)(F)F. The zero-order valence-corrected chi connectivity index (χ0v) is 9.91. The van der Waals surface area contributed by atoms with Crippen molar-refractivity contribution in [2.45, 2.75) is 19.6 Å². The van der Waals surface area contributed by atoms with Gasteiger partial charge in [-0.3, -0.25) is 9.59 Å². The highest BCUT2D eigenvalue weighted by Crippen LogP contribution is 2.15. The van der Waals surface area contributed by atoms with E-state index in [0.29, 0.717) is 12.0 Å². The lowest BCUT2D eigenvalue weighted by molar-refractivity contribution is -0.173. The molecule has 19 heavy (non-hydrogen) atoms. The molecule has 0 radical (unpaired) electrons. The van der Waals surface area contributed by atoms with Crippen LogP contribution in [-0.2, 0) is 11.3 Å². The Morgan fingerprint density at radius 2 is 2.21 bits per heavy atom. The average molecular weight is 273 g/mol. The van der Waals surface area contributed by atoms with Gasteiger partial charge in [0, 0.05) is 18.8 Å². The molecule has 0 aliphatic heterocycles. The molecule has 1 aromatic rings. The smallest absolute Gasteiger partial charge is 0.346 e. The highest BCUT2D eigenvalue weighted by Gasteiger charge is 2.38. The molecule has 1 rings (SSSR count). The van der Waals surface area contributed by atoms with Gasteiger partial charge in [0.2, 0.25) is 0 Å². The fourth-order valence-electron chi connectivity index (χ4n) is 1.56. The number of carbonyl (C=O) groups is 2. The van der Waals surface area contributed by atoms with Gasteiger partial charge >= 0.3 is 12.1 Å². The fourth-order valence-corrected chi connectivity index (χ4v) is 1.56. The highest BCUT2D eigenvalue weighted by molar-refractivity contribution is 5.81. The van der Waals surface area contributed by atoms with E-state index in [2.05, 4.69) is 0 Å². The minimum Gasteiger partial charge on any atom is -0.346 e. The van der Waals surface area contributed by atoms with E-state index in [4.69, 9.17) is 5.26 Å². The van der Waals surface area contributed by atoms with Crippen molar-refractivity contribution < 1.29 is 22.8 Å². The minimum absolute atomic E-state index is 0.0244. The van der Waals surface area contributed by atoms with Gasteiger partial charge < -0.3 is 9.88 Å². The number of alkyl halides is 3. The summed E-state index contributed by atoms with van der Waals surface area (Å²) in [5.74, 6) is -2.04. The van der Waals surface area contributed by atoms with Crippen LogP contribution in [0, 0.1) is 18.3 Å². The predicted molar refractivity (Wildman–Crippen MR) is 58.3 cm³/mol. The molecule has 0 saturated carbocycles. The van der Waals surface area contributed by atoms with E-state index in [1.165, 1.54) is 10.6 Å². The maximum atomic E-state index is 11.9. The van der Waals surface area contributed by atoms with Crippen LogP contribution < -0.4 is 5.32 Å². The maximum Gasteiger partial charge on any atom is 0.471 e. The zero-order valence-electron chi connectivity index (χ0n) is 9.91. The van der Waals surface area contributed by atoms with E-state index in [1.54, 1.807) is 12.2 Å². The van der Waals surface area contributed by atoms with Gasteiger partial charge in [0.1, 0.15) is 6.07 Å². The molecule has 0 aliphatic carbocycles. The molecule has 5 nitrogen and oxygen atoms in total. The molecular weight excluding hydrogens is 263 g/mol. The molecule has 8 heteroatoms. The summed E-state index contributed by atoms with van der Waals surface area (Å²) >= 11 is 0. The van der Waals surface area contributed by atoms with Gasteiger partial charge in [-0.2, -0.15) is 18.4 Å². The predicted octanol–water partition coefficient (Wildman–Crippen LogP) is 1.16. The molecule has 0 spiro atoms. The second-order valence-electron chi connectivity index (χ2n) is 3.70. The third-order valence-corrected chi connectivity index (χ3v) is 2.52. The summed E-state index contributed by atoms with van der Waals surface area (Å²) in [6.45, 7) is 1.25. The van der Waals surface area contributed by atoms with Crippen molar-refractivity contribution in [1.29, 1.82) is 5.26 Å². The standard InChI is InChI=1S/C11H10F3N3O2/c1-7-8(5-15)4-9(6-18)17(7)3-2-16-10(19)11(12,13)14/h4,6H,2-3H2,1H3,(H,16,19). The molecule has 0 aromatic carbocycles. The van der Waals surface area contributed by atoms with Crippen LogP contribution in [0.25, 0.3) is 0 Å². The van der Waals surface area contributed by atoms with Crippen LogP contribution in [0.5, 0.6) is 0 Å². The van der Waals surface area contributed by atoms with Crippen molar-refractivity contribution in [3.63, 3.8) is 0 Å². The van der Waals surface area contributed by atoms with Gasteiger partial charge in [-0.15, -0.1) is 0 Å². The first-order chi connectivity index (χ1) is 8.81. The van der Waals surface area contributed by atoms with Crippen molar-refractivity contribution in [3.8, 4) is 6.07 Å². The van der Waals surface area contributed by atoms with Crippen LogP contribution in [-0.4, -0.2) is 29.5 Å². The number of hydrogen-bond donors (Lipinski definition) is 1. The summed E-state index contributed by atoms with van der Waals surface area (Å²) in [4.78, 5) is 21.4. The Hall–Kier alpha value is -2.30. The first kappa shape index (κ1) is 14.8. The van der Waals surface area contributed by atoms with Crippen molar-refractivity contribution in [3.05, 3.63) is 23.0 Å². The molecule has 0 saturated heterocycles. The number of carbonyl (C=O) groups excluding carboxylic acids is 2. The quantitative estimate of drug-likeness (QED) is 0.836. The lowest BCUT2D eigenvalue weighted by atomic mass is 10.3. The maximum absolute atomic E-state index is 11.9. The number of nitriles is 1. The molecule has 0 atom stereocenters. The molecule has 0 aliphatic rings. The zero-order chi connectivity index (χ0) is 14.6. The molecule has 1 amide bonds. The Balaban J connectivity index is 2.74. The van der Waals surface area contributed by atoms with E-state index < -0.39 is 12.1 Å². The number of halogens is 3. The van der Waals surface area contributed by atoms with E-state index in [-0.39, 0.29) is 24.3 Å². The van der Waals surface area contributed by atoms with Gasteiger partial charge in [-0.1, -0.05) is 0 Å². The summed E-state index contributed by atoms with van der Waals surface area (Å²) in [5.41, 5.74) is 0.908. The van der Waals surface area contributed by atoms with E-state index in [1.807, 2.05) is 6.07 Å². The Morgan fingerprint density at radius 1 is 1.58 bits per heavy atom. The number of hydrogen-bond acceptors (Lipinski definition) is 3. The molecular formula is C11H10F3N3O2. The van der Waals surface area contributed by atoms with Gasteiger partial charge in [-0.25, -0.2) is 0 Å². The monoisotopic (exact) mass is 273 g/mol. The Kier molecular flexibility index (Phi) is 4.32. The summed E-state index contributed by atoms with van der Waals surface area (Å²) in [7, 11) is 0. The molecule has 0 fully saturated rings. The number of nitrogens with zero attached hydrogens (tertiary/aromatic N) is 2. The van der Waals surface area contributed by atoms with Gasteiger partial charge in [0.25, 0.3) is 0 Å². The van der Waals surface area contributed by atoms with Gasteiger partial charge in [0.05, 0.1) is 11.3 Å². The van der Waals surface area contributed by atoms with Crippen LogP contribution in [0.15, 0.2) is 6.07 Å². The van der Waals surface area contributed by atoms with E-state index in [9.17, 15) is 22.8 Å². The fraction of sp³-hybridized carbons (Fsp3) is 0.364. The molecule has 1 aromatic heterocycles. The molecule has 102 valence electrons. The molecule has 1 heterocycles. The number of aldehydes is 1. The van der Waals surface area contributed by atoms with Crippen LogP contribution >= 0.6 is 0 Å². The summed E-state index contributed by atoms with van der Waals surface area (Å²) in [5, 5.41) is 10.5. The second kappa shape index (κ2) is 5.56. The first-order valence-electron chi connectivity index (χ1n) is 5.21. The lowest BCUT2D eigenvalue weighted by Gasteiger charge is -2.11. The highest BCUT2D eigenvalue weighted by atomic mass is 19.4. The summed E-state index contributed by atoms with van der Waals surface area (Å²) in [6, 6.07) is 3.21. The Morgan fingerprint density at radius 3 is 2.68 bits per heavy atom. The third-order valence-electron chi connectivity index (χ3n) is 2.52. The number of amides is 1.